The quantitative estimate of drug-likeness (QED) is 0.209. The maximum Gasteiger partial charge on any atom is 0.236 e. The lowest BCUT2D eigenvalue weighted by atomic mass is 10.0. The van der Waals surface area contributed by atoms with Crippen molar-refractivity contribution in [3.63, 3.8) is 0 Å². The van der Waals surface area contributed by atoms with Crippen LogP contribution in [0.15, 0.2) is 61.1 Å². The molecule has 5 rings (SSSR count). The van der Waals surface area contributed by atoms with Crippen LogP contribution in [0.3, 0.4) is 0 Å². The third-order valence-electron chi connectivity index (χ3n) is 6.30. The number of sulfonamides is 1. The van der Waals surface area contributed by atoms with Crippen LogP contribution < -0.4 is 4.72 Å². The molecule has 3 N–H and O–H groups in total. The first-order valence-electron chi connectivity index (χ1n) is 11.5. The number of nitrogens with zero attached hydrogens (tertiary/aromatic N) is 3. The van der Waals surface area contributed by atoms with Crippen LogP contribution in [0.2, 0.25) is 5.02 Å². The summed E-state index contributed by atoms with van der Waals surface area (Å²) in [4.78, 5) is 4.02. The number of aromatic hydroxyl groups is 2. The Hall–Kier alpha value is -3.40. The molecule has 0 atom stereocenters. The Morgan fingerprint density at radius 3 is 2.59 bits per heavy atom. The number of phenols is 1. The predicted molar refractivity (Wildman–Crippen MR) is 148 cm³/mol. The normalized spacial score (nSPS) is 12.0. The fourth-order valence-corrected chi connectivity index (χ4v) is 5.45. The van der Waals surface area contributed by atoms with Crippen LogP contribution >= 0.6 is 23.2 Å². The molecule has 8 nitrogen and oxygen atoms in total. The Bertz CT molecular complexity index is 1740. The molecule has 0 aliphatic carbocycles. The zero-order valence-electron chi connectivity index (χ0n) is 19.8. The molecule has 0 amide bonds. The summed E-state index contributed by atoms with van der Waals surface area (Å²) in [6.07, 6.45) is 5.29. The summed E-state index contributed by atoms with van der Waals surface area (Å²) in [5.74, 6) is 0.161. The number of phenolic OH excluding ortho intramolecular Hbond substituents is 1. The molecule has 192 valence electrons. The third-order valence-corrected chi connectivity index (χ3v) is 8.08. The van der Waals surface area contributed by atoms with Gasteiger partial charge in [0.15, 0.2) is 0 Å². The monoisotopic (exact) mass is 558 g/mol. The Balaban J connectivity index is 1.73. The van der Waals surface area contributed by atoms with E-state index < -0.39 is 10.0 Å². The van der Waals surface area contributed by atoms with Crippen LogP contribution in [0.4, 0.5) is 5.69 Å². The van der Waals surface area contributed by atoms with Gasteiger partial charge in [0.25, 0.3) is 0 Å². The van der Waals surface area contributed by atoms with Gasteiger partial charge in [0.1, 0.15) is 11.3 Å². The number of pyridine rings is 1. The highest BCUT2D eigenvalue weighted by Gasteiger charge is 2.19. The van der Waals surface area contributed by atoms with Crippen molar-refractivity contribution in [2.24, 2.45) is 0 Å². The van der Waals surface area contributed by atoms with Crippen molar-refractivity contribution < 1.29 is 18.6 Å². The lowest BCUT2D eigenvalue weighted by molar-refractivity contribution is 0.456. The zero-order valence-corrected chi connectivity index (χ0v) is 22.1. The van der Waals surface area contributed by atoms with E-state index in [9.17, 15) is 18.6 Å². The molecule has 0 radical (unpaired) electrons. The number of alkyl halides is 1. The SMILES string of the molecule is CCS(=O)(=O)Nc1cc(-c2cn(CCCl)c3c(O)nccc23)cc2c1ccn2Cc1ccc(Cl)c(O)c1. The maximum absolute atomic E-state index is 12.6. The number of aryl methyl sites for hydroxylation is 1. The standard InChI is InChI=1S/C26H24Cl2N4O4S/c1-2-37(35,36)30-22-12-17(20-15-32(10-7-27)25-18(20)5-8-29-26(25)34)13-23-19(22)6-9-31(23)14-16-3-4-21(28)24(33)11-16/h3-6,8-9,11-13,15,30,33H,2,7,10,14H2,1H3,(H,29,34). The van der Waals surface area contributed by atoms with Gasteiger partial charge in [-0.15, -0.1) is 11.6 Å². The maximum atomic E-state index is 12.6. The van der Waals surface area contributed by atoms with Crippen molar-refractivity contribution in [3.05, 3.63) is 71.6 Å². The van der Waals surface area contributed by atoms with Gasteiger partial charge in [0.2, 0.25) is 15.9 Å². The van der Waals surface area contributed by atoms with Gasteiger partial charge >= 0.3 is 0 Å². The van der Waals surface area contributed by atoms with Crippen LogP contribution in [-0.2, 0) is 23.1 Å². The molecule has 2 aromatic carbocycles. The van der Waals surface area contributed by atoms with Crippen LogP contribution in [0.1, 0.15) is 12.5 Å². The number of hydrogen-bond acceptors (Lipinski definition) is 5. The molecule has 0 spiro atoms. The Labute approximate surface area is 223 Å². The van der Waals surface area contributed by atoms with Crippen molar-refractivity contribution in [1.29, 1.82) is 0 Å². The van der Waals surface area contributed by atoms with Gasteiger partial charge in [-0.2, -0.15) is 0 Å². The second-order valence-electron chi connectivity index (χ2n) is 8.65. The molecule has 0 aliphatic heterocycles. The van der Waals surface area contributed by atoms with Crippen molar-refractivity contribution in [2.45, 2.75) is 20.0 Å². The van der Waals surface area contributed by atoms with Crippen LogP contribution in [0, 0.1) is 0 Å². The summed E-state index contributed by atoms with van der Waals surface area (Å²) in [5.41, 5.74) is 4.18. The number of fused-ring (bicyclic) bond motifs is 2. The summed E-state index contributed by atoms with van der Waals surface area (Å²) >= 11 is 12.0. The first-order valence-corrected chi connectivity index (χ1v) is 14.1. The van der Waals surface area contributed by atoms with Gasteiger partial charge < -0.3 is 19.3 Å². The molecule has 0 aliphatic rings. The third kappa shape index (κ3) is 4.82. The lowest BCUT2D eigenvalue weighted by Crippen LogP contribution is -2.14. The van der Waals surface area contributed by atoms with Crippen LogP contribution in [0.25, 0.3) is 32.9 Å². The van der Waals surface area contributed by atoms with Gasteiger partial charge in [0, 0.05) is 53.9 Å². The highest BCUT2D eigenvalue weighted by atomic mass is 35.5. The fourth-order valence-electron chi connectivity index (χ4n) is 4.50. The highest BCUT2D eigenvalue weighted by Crippen LogP contribution is 2.38. The summed E-state index contributed by atoms with van der Waals surface area (Å²) in [6.45, 7) is 2.47. The fraction of sp³-hybridized carbons (Fsp3) is 0.192. The van der Waals surface area contributed by atoms with Crippen molar-refractivity contribution in [3.8, 4) is 22.8 Å². The smallest absolute Gasteiger partial charge is 0.236 e. The number of hydrogen-bond donors (Lipinski definition) is 3. The molecular formula is C26H24Cl2N4O4S. The molecule has 0 unspecified atom stereocenters. The van der Waals surface area contributed by atoms with E-state index in [4.69, 9.17) is 23.2 Å². The van der Waals surface area contributed by atoms with Crippen molar-refractivity contribution in [1.82, 2.24) is 14.1 Å². The summed E-state index contributed by atoms with van der Waals surface area (Å²) < 4.78 is 31.6. The van der Waals surface area contributed by atoms with Gasteiger partial charge in [0.05, 0.1) is 22.0 Å². The predicted octanol–water partition coefficient (Wildman–Crippen LogP) is 5.77. The number of benzene rings is 2. The van der Waals surface area contributed by atoms with E-state index in [1.54, 1.807) is 25.1 Å². The topological polar surface area (TPSA) is 109 Å². The lowest BCUT2D eigenvalue weighted by Gasteiger charge is -2.13. The molecule has 3 heterocycles. The number of anilines is 1. The number of rotatable bonds is 8. The average Bonchev–Trinajstić information content (AvgIpc) is 3.44. The van der Waals surface area contributed by atoms with E-state index in [2.05, 4.69) is 9.71 Å². The molecule has 3 aromatic heterocycles. The minimum absolute atomic E-state index is 0.00627. The minimum Gasteiger partial charge on any atom is -0.506 e. The Kier molecular flexibility index (Phi) is 6.70. The zero-order chi connectivity index (χ0) is 26.3. The minimum atomic E-state index is -3.56. The second kappa shape index (κ2) is 9.81. The first-order chi connectivity index (χ1) is 17.7. The van der Waals surface area contributed by atoms with Crippen molar-refractivity contribution >= 4 is 60.7 Å². The van der Waals surface area contributed by atoms with Crippen molar-refractivity contribution in [2.75, 3.05) is 16.4 Å². The molecule has 11 heteroatoms. The van der Waals surface area contributed by atoms with E-state index in [-0.39, 0.29) is 22.4 Å². The van der Waals surface area contributed by atoms with Gasteiger partial charge in [-0.25, -0.2) is 13.4 Å². The van der Waals surface area contributed by atoms with E-state index in [1.165, 1.54) is 6.20 Å². The summed E-state index contributed by atoms with van der Waals surface area (Å²) in [6, 6.07) is 12.5. The second-order valence-corrected chi connectivity index (χ2v) is 11.4. The molecule has 0 saturated heterocycles. The molecule has 37 heavy (non-hydrogen) atoms. The largest absolute Gasteiger partial charge is 0.506 e. The van der Waals surface area contributed by atoms with E-state index in [0.29, 0.717) is 30.2 Å². The van der Waals surface area contributed by atoms with E-state index in [1.807, 2.05) is 45.8 Å². The van der Waals surface area contributed by atoms with E-state index in [0.717, 1.165) is 33.0 Å². The molecule has 5 aromatic rings. The summed E-state index contributed by atoms with van der Waals surface area (Å²) in [7, 11) is -3.56. The highest BCUT2D eigenvalue weighted by molar-refractivity contribution is 7.92. The summed E-state index contributed by atoms with van der Waals surface area (Å²) in [5, 5.41) is 22.3. The van der Waals surface area contributed by atoms with Crippen LogP contribution in [-0.4, -0.2) is 44.4 Å². The Morgan fingerprint density at radius 1 is 1.05 bits per heavy atom. The number of nitrogens with one attached hydrogen (secondary N) is 1. The molecular weight excluding hydrogens is 535 g/mol. The van der Waals surface area contributed by atoms with Crippen LogP contribution in [0.5, 0.6) is 11.6 Å². The number of halogens is 2. The molecule has 0 bridgehead atoms. The van der Waals surface area contributed by atoms with Gasteiger partial charge in [-0.05, 0) is 54.4 Å². The average molecular weight is 559 g/mol. The van der Waals surface area contributed by atoms with Gasteiger partial charge in [-0.3, -0.25) is 4.72 Å². The Morgan fingerprint density at radius 2 is 1.86 bits per heavy atom. The number of aromatic nitrogens is 3. The molecule has 0 saturated carbocycles. The van der Waals surface area contributed by atoms with Gasteiger partial charge in [-0.1, -0.05) is 17.7 Å². The first kappa shape index (κ1) is 25.3. The van der Waals surface area contributed by atoms with E-state index >= 15 is 0 Å². The molecule has 0 fully saturated rings.